The number of likely N-dealkylation sites (N-methyl/N-ethyl adjacent to an activating group) is 1. The number of rotatable bonds is 5. The summed E-state index contributed by atoms with van der Waals surface area (Å²) in [6, 6.07) is 30.0. The van der Waals surface area contributed by atoms with Gasteiger partial charge in [0.15, 0.2) is 0 Å². The summed E-state index contributed by atoms with van der Waals surface area (Å²) in [5.41, 5.74) is 2.93. The summed E-state index contributed by atoms with van der Waals surface area (Å²) < 4.78 is 12.8. The molecule has 1 saturated heterocycles. The molecule has 8 heteroatoms. The molecule has 0 bridgehead atoms. The first-order chi connectivity index (χ1) is 20.6. The number of hydrogen-bond donors (Lipinski definition) is 1. The number of fused-ring (bicyclic) bond motifs is 1. The zero-order chi connectivity index (χ0) is 28.6. The molecule has 3 atom stereocenters. The van der Waals surface area contributed by atoms with Crippen LogP contribution in [0.2, 0.25) is 0 Å². The Kier molecular flexibility index (Phi) is 7.12. The highest BCUT2D eigenvalue weighted by Crippen LogP contribution is 2.53. The van der Waals surface area contributed by atoms with Gasteiger partial charge in [0.2, 0.25) is 0 Å². The van der Waals surface area contributed by atoms with Gasteiger partial charge < -0.3 is 14.4 Å². The fourth-order valence-corrected chi connectivity index (χ4v) is 7.76. The molecule has 1 amide bonds. The van der Waals surface area contributed by atoms with Crippen LogP contribution in [0.25, 0.3) is 0 Å². The highest BCUT2D eigenvalue weighted by Gasteiger charge is 2.60. The van der Waals surface area contributed by atoms with Crippen LogP contribution in [0.3, 0.4) is 0 Å². The second kappa shape index (κ2) is 11.1. The van der Waals surface area contributed by atoms with E-state index in [0.717, 1.165) is 41.9 Å². The van der Waals surface area contributed by atoms with E-state index in [0.29, 0.717) is 18.8 Å². The molecule has 42 heavy (non-hydrogen) atoms. The minimum atomic E-state index is -0.606. The number of amides is 1. The van der Waals surface area contributed by atoms with Crippen molar-refractivity contribution in [1.29, 1.82) is 0 Å². The van der Waals surface area contributed by atoms with Crippen LogP contribution in [0.15, 0.2) is 112 Å². The molecule has 1 spiro atoms. The lowest BCUT2D eigenvalue weighted by Crippen LogP contribution is -2.65. The molecule has 3 aromatic rings. The molecule has 7 rings (SSSR count). The van der Waals surface area contributed by atoms with E-state index in [9.17, 15) is 4.79 Å². The smallest absolute Gasteiger partial charge is 0.292 e. The van der Waals surface area contributed by atoms with Crippen LogP contribution in [-0.4, -0.2) is 59.3 Å². The average Bonchev–Trinajstić information content (AvgIpc) is 3.40. The zero-order valence-electron chi connectivity index (χ0n) is 23.6. The Morgan fingerprint density at radius 2 is 1.57 bits per heavy atom. The third-order valence-corrected chi connectivity index (χ3v) is 10.3. The molecule has 0 aromatic heterocycles. The number of nitrogens with one attached hydrogen (secondary N) is 1. The fraction of sp³-hybridized carbons (Fsp3) is 0.324. The van der Waals surface area contributed by atoms with Crippen molar-refractivity contribution in [2.75, 3.05) is 20.3 Å². The van der Waals surface area contributed by atoms with E-state index in [-0.39, 0.29) is 28.8 Å². The van der Waals surface area contributed by atoms with Crippen molar-refractivity contribution in [1.82, 2.24) is 10.2 Å². The van der Waals surface area contributed by atoms with Crippen molar-refractivity contribution in [2.24, 2.45) is 15.9 Å². The second-order valence-electron chi connectivity index (χ2n) is 11.5. The predicted octanol–water partition coefficient (Wildman–Crippen LogP) is 5.84. The molecule has 0 radical (unpaired) electrons. The topological polar surface area (TPSA) is 75.5 Å². The van der Waals surface area contributed by atoms with Crippen molar-refractivity contribution in [2.45, 2.75) is 42.2 Å². The number of thioether (sulfide) groups is 1. The van der Waals surface area contributed by atoms with Gasteiger partial charge in [-0.3, -0.25) is 10.1 Å². The first kappa shape index (κ1) is 27.0. The lowest BCUT2D eigenvalue weighted by atomic mass is 9.66. The predicted molar refractivity (Wildman–Crippen MR) is 166 cm³/mol. The zero-order valence-corrected chi connectivity index (χ0v) is 24.4. The van der Waals surface area contributed by atoms with Crippen LogP contribution in [0, 0.1) is 5.92 Å². The van der Waals surface area contributed by atoms with Crippen LogP contribution in [0.1, 0.15) is 47.2 Å². The van der Waals surface area contributed by atoms with Gasteiger partial charge in [0.25, 0.3) is 11.9 Å². The maximum Gasteiger partial charge on any atom is 0.292 e. The van der Waals surface area contributed by atoms with Gasteiger partial charge in [0.05, 0.1) is 24.5 Å². The molecular weight excluding hydrogens is 544 g/mol. The van der Waals surface area contributed by atoms with E-state index in [1.807, 2.05) is 54.6 Å². The Morgan fingerprint density at radius 1 is 0.952 bits per heavy atom. The van der Waals surface area contributed by atoms with Gasteiger partial charge in [-0.05, 0) is 37.8 Å². The Hall–Kier alpha value is -3.88. The molecule has 3 aliphatic heterocycles. The summed E-state index contributed by atoms with van der Waals surface area (Å²) in [7, 11) is 2.08. The third kappa shape index (κ3) is 4.92. The summed E-state index contributed by atoms with van der Waals surface area (Å²) >= 11 is 1.72. The molecule has 3 heterocycles. The molecule has 1 saturated carbocycles. The van der Waals surface area contributed by atoms with Crippen molar-refractivity contribution in [3.8, 4) is 0 Å². The van der Waals surface area contributed by atoms with E-state index < -0.39 is 5.54 Å². The molecule has 2 fully saturated rings. The van der Waals surface area contributed by atoms with E-state index in [2.05, 4.69) is 46.9 Å². The lowest BCUT2D eigenvalue weighted by molar-refractivity contribution is -0.184. The second-order valence-corrected chi connectivity index (χ2v) is 12.5. The number of amidine groups is 1. The minimum absolute atomic E-state index is 0.0676. The largest absolute Gasteiger partial charge is 0.465 e. The van der Waals surface area contributed by atoms with Gasteiger partial charge in [-0.25, -0.2) is 9.98 Å². The summed E-state index contributed by atoms with van der Waals surface area (Å²) in [6.07, 6.45) is 4.27. The van der Waals surface area contributed by atoms with Gasteiger partial charge >= 0.3 is 0 Å². The standard InChI is InChI=1S/C34H34N4O3S/c1-38-28(35-29(24-12-5-2-6-13-24)25-14-7-3-8-15-25)22-42-31(38)34-23-41-33(18-11-19-33)20-27(34)21-40-32(37-34)36-30(39)26-16-9-4-10-17-26/h2-10,12-17,22,27,31H,11,18-21,23H2,1H3,(H,36,37,39)/t27-,31?,34-/m0/s1. The van der Waals surface area contributed by atoms with E-state index in [4.69, 9.17) is 19.5 Å². The Bertz CT molecular complexity index is 1500. The van der Waals surface area contributed by atoms with Crippen molar-refractivity contribution < 1.29 is 14.3 Å². The SMILES string of the molecule is CN1C(N=C(c2ccccc2)c2ccccc2)=CSC1[C@]12COC3(CCC3)C[C@H]1COC(NC(=O)c1ccccc1)=N2. The van der Waals surface area contributed by atoms with Gasteiger partial charge in [0.1, 0.15) is 16.7 Å². The number of benzene rings is 3. The molecule has 3 aromatic carbocycles. The van der Waals surface area contributed by atoms with Crippen LogP contribution in [0.4, 0.5) is 0 Å². The average molecular weight is 579 g/mol. The molecule has 1 unspecified atom stereocenters. The highest BCUT2D eigenvalue weighted by atomic mass is 32.2. The molecule has 1 aliphatic carbocycles. The van der Waals surface area contributed by atoms with Crippen molar-refractivity contribution >= 4 is 29.4 Å². The quantitative estimate of drug-likeness (QED) is 0.385. The number of hydrogen-bond acceptors (Lipinski definition) is 7. The Balaban J connectivity index is 1.21. The number of carbonyl (C=O) groups is 1. The molecule has 4 aliphatic rings. The van der Waals surface area contributed by atoms with Gasteiger partial charge in [-0.1, -0.05) is 78.9 Å². The summed E-state index contributed by atoms with van der Waals surface area (Å²) in [5.74, 6) is 0.797. The van der Waals surface area contributed by atoms with Crippen LogP contribution >= 0.6 is 11.8 Å². The van der Waals surface area contributed by atoms with Crippen LogP contribution in [-0.2, 0) is 9.47 Å². The number of nitrogens with zero attached hydrogens (tertiary/aromatic N) is 3. The Morgan fingerprint density at radius 3 is 2.17 bits per heavy atom. The monoisotopic (exact) mass is 578 g/mol. The first-order valence-electron chi connectivity index (χ1n) is 14.6. The highest BCUT2D eigenvalue weighted by molar-refractivity contribution is 8.03. The van der Waals surface area contributed by atoms with Crippen molar-refractivity contribution in [3.05, 3.63) is 119 Å². The molecule has 214 valence electrons. The van der Waals surface area contributed by atoms with E-state index in [1.165, 1.54) is 6.42 Å². The first-order valence-corrected chi connectivity index (χ1v) is 15.5. The molecular formula is C34H34N4O3S. The van der Waals surface area contributed by atoms with Crippen LogP contribution in [0.5, 0.6) is 0 Å². The van der Waals surface area contributed by atoms with E-state index >= 15 is 0 Å². The van der Waals surface area contributed by atoms with Gasteiger partial charge in [-0.2, -0.15) is 0 Å². The van der Waals surface area contributed by atoms with Crippen molar-refractivity contribution in [3.63, 3.8) is 0 Å². The maximum atomic E-state index is 13.0. The fourth-order valence-electron chi connectivity index (χ4n) is 6.45. The Labute approximate surface area is 250 Å². The summed E-state index contributed by atoms with van der Waals surface area (Å²) in [6.45, 7) is 0.963. The third-order valence-electron chi connectivity index (χ3n) is 8.95. The summed E-state index contributed by atoms with van der Waals surface area (Å²) in [5, 5.41) is 4.99. The normalized spacial score (nSPS) is 25.8. The minimum Gasteiger partial charge on any atom is -0.465 e. The lowest BCUT2D eigenvalue weighted by Gasteiger charge is -2.56. The van der Waals surface area contributed by atoms with E-state index in [1.54, 1.807) is 23.9 Å². The molecule has 7 nitrogen and oxygen atoms in total. The van der Waals surface area contributed by atoms with Crippen LogP contribution < -0.4 is 5.32 Å². The van der Waals surface area contributed by atoms with Gasteiger partial charge in [-0.15, -0.1) is 11.8 Å². The number of ether oxygens (including phenoxy) is 2. The number of carbonyl (C=O) groups excluding carboxylic acids is 1. The molecule has 1 N–H and O–H groups in total. The van der Waals surface area contributed by atoms with Gasteiger partial charge in [0, 0.05) is 35.1 Å². The summed E-state index contributed by atoms with van der Waals surface area (Å²) in [4.78, 5) is 25.6. The maximum absolute atomic E-state index is 13.0. The number of aliphatic imine (C=N–C) groups is 2.